The molecule has 4 N–H and O–H groups in total. The average molecular weight is 359 g/mol. The van der Waals surface area contributed by atoms with E-state index in [4.69, 9.17) is 25.0 Å². The summed E-state index contributed by atoms with van der Waals surface area (Å²) < 4.78 is 23.0. The van der Waals surface area contributed by atoms with E-state index in [1.165, 1.54) is 0 Å². The molecule has 0 aliphatic rings. The minimum atomic E-state index is -4.17. The van der Waals surface area contributed by atoms with Crippen LogP contribution in [0.2, 0.25) is 0 Å². The van der Waals surface area contributed by atoms with Crippen molar-refractivity contribution < 1.29 is 23.8 Å². The van der Waals surface area contributed by atoms with Gasteiger partial charge in [0.05, 0.1) is 19.5 Å². The first-order valence-corrected chi connectivity index (χ1v) is 9.44. The maximum Gasteiger partial charge on any atom is 0.350 e. The van der Waals surface area contributed by atoms with Crippen molar-refractivity contribution in [2.45, 2.75) is 32.7 Å². The third-order valence-electron chi connectivity index (χ3n) is 3.17. The summed E-state index contributed by atoms with van der Waals surface area (Å²) in [7, 11) is -4.17. The van der Waals surface area contributed by atoms with Crippen LogP contribution in [-0.4, -0.2) is 48.9 Å². The number of hydrogen-bond acceptors (Lipinski definition) is 7. The fourth-order valence-electron chi connectivity index (χ4n) is 2.07. The van der Waals surface area contributed by atoms with Gasteiger partial charge in [0.15, 0.2) is 11.2 Å². The first-order valence-electron chi connectivity index (χ1n) is 7.64. The van der Waals surface area contributed by atoms with Crippen LogP contribution in [0, 0.1) is 0 Å². The molecule has 2 rings (SSSR count). The topological polar surface area (TPSA) is 146 Å². The molecule has 2 heterocycles. The Bertz CT molecular complexity index is 716. The minimum Gasteiger partial charge on any atom is -0.476 e. The lowest BCUT2D eigenvalue weighted by molar-refractivity contribution is 0.149. The van der Waals surface area contributed by atoms with E-state index in [9.17, 15) is 4.57 Å². The SMILES string of the molecule is CCCCCOc1nc(N)nc2c1ncn2CCOCP(=O)(O)O. The minimum absolute atomic E-state index is 0.0749. The van der Waals surface area contributed by atoms with E-state index in [-0.39, 0.29) is 12.6 Å². The van der Waals surface area contributed by atoms with Crippen LogP contribution in [-0.2, 0) is 15.8 Å². The van der Waals surface area contributed by atoms with Gasteiger partial charge in [0, 0.05) is 6.54 Å². The Morgan fingerprint density at radius 1 is 1.29 bits per heavy atom. The first kappa shape index (κ1) is 18.6. The van der Waals surface area contributed by atoms with E-state index < -0.39 is 13.9 Å². The van der Waals surface area contributed by atoms with Crippen molar-refractivity contribution in [3.63, 3.8) is 0 Å². The lowest BCUT2D eigenvalue weighted by atomic mass is 10.3. The molecule has 134 valence electrons. The molecule has 10 nitrogen and oxygen atoms in total. The van der Waals surface area contributed by atoms with Crippen LogP contribution < -0.4 is 10.5 Å². The summed E-state index contributed by atoms with van der Waals surface area (Å²) in [6.07, 6.45) is 3.99. The normalized spacial score (nSPS) is 12.0. The molecule has 0 saturated carbocycles. The van der Waals surface area contributed by atoms with Gasteiger partial charge in [-0.3, -0.25) is 4.57 Å². The Hall–Kier alpha value is -1.74. The van der Waals surface area contributed by atoms with Gasteiger partial charge in [-0.1, -0.05) is 19.8 Å². The van der Waals surface area contributed by atoms with Gasteiger partial charge in [-0.2, -0.15) is 9.97 Å². The zero-order valence-corrected chi connectivity index (χ0v) is 14.4. The van der Waals surface area contributed by atoms with E-state index >= 15 is 0 Å². The third-order valence-corrected chi connectivity index (χ3v) is 3.69. The van der Waals surface area contributed by atoms with E-state index in [2.05, 4.69) is 21.9 Å². The van der Waals surface area contributed by atoms with Gasteiger partial charge in [-0.05, 0) is 6.42 Å². The predicted molar refractivity (Wildman–Crippen MR) is 87.6 cm³/mol. The first-order chi connectivity index (χ1) is 11.4. The highest BCUT2D eigenvalue weighted by Crippen LogP contribution is 2.33. The fourth-order valence-corrected chi connectivity index (χ4v) is 2.43. The van der Waals surface area contributed by atoms with E-state index in [1.807, 2.05) is 0 Å². The molecule has 0 spiro atoms. The van der Waals surface area contributed by atoms with Gasteiger partial charge in [-0.15, -0.1) is 0 Å². The third kappa shape index (κ3) is 5.41. The summed E-state index contributed by atoms with van der Waals surface area (Å²) >= 11 is 0. The molecular weight excluding hydrogens is 337 g/mol. The van der Waals surface area contributed by atoms with Crippen LogP contribution in [0.15, 0.2) is 6.33 Å². The largest absolute Gasteiger partial charge is 0.476 e. The number of fused-ring (bicyclic) bond motifs is 1. The molecular formula is C13H22N5O5P. The molecule has 0 aliphatic heterocycles. The zero-order chi connectivity index (χ0) is 17.6. The van der Waals surface area contributed by atoms with Crippen LogP contribution in [0.25, 0.3) is 11.2 Å². The summed E-state index contributed by atoms with van der Waals surface area (Å²) in [4.78, 5) is 30.0. The Morgan fingerprint density at radius 2 is 2.08 bits per heavy atom. The van der Waals surface area contributed by atoms with Crippen molar-refractivity contribution in [1.82, 2.24) is 19.5 Å². The second-order valence-electron chi connectivity index (χ2n) is 5.25. The number of nitrogens with two attached hydrogens (primary N) is 1. The number of hydrogen-bond donors (Lipinski definition) is 3. The summed E-state index contributed by atoms with van der Waals surface area (Å²) in [5.74, 6) is 0.411. The number of anilines is 1. The van der Waals surface area contributed by atoms with Crippen LogP contribution in [0.3, 0.4) is 0 Å². The molecule has 0 amide bonds. The van der Waals surface area contributed by atoms with Gasteiger partial charge in [0.2, 0.25) is 11.8 Å². The molecule has 0 unspecified atom stereocenters. The van der Waals surface area contributed by atoms with Crippen molar-refractivity contribution in [2.75, 3.05) is 25.3 Å². The molecule has 0 atom stereocenters. The molecule has 0 bridgehead atoms. The molecule has 0 radical (unpaired) electrons. The highest BCUT2D eigenvalue weighted by atomic mass is 31.2. The number of nitrogens with zero attached hydrogens (tertiary/aromatic N) is 4. The number of ether oxygens (including phenoxy) is 2. The van der Waals surface area contributed by atoms with Crippen molar-refractivity contribution in [3.8, 4) is 5.88 Å². The Balaban J connectivity index is 2.04. The number of rotatable bonds is 10. The van der Waals surface area contributed by atoms with Crippen LogP contribution in [0.5, 0.6) is 5.88 Å². The molecule has 2 aromatic heterocycles. The zero-order valence-electron chi connectivity index (χ0n) is 13.5. The van der Waals surface area contributed by atoms with Crippen molar-refractivity contribution in [1.29, 1.82) is 0 Å². The monoisotopic (exact) mass is 359 g/mol. The van der Waals surface area contributed by atoms with Gasteiger partial charge in [0.1, 0.15) is 6.35 Å². The molecule has 11 heteroatoms. The molecule has 0 fully saturated rings. The number of aromatic nitrogens is 4. The Kier molecular flexibility index (Phi) is 6.50. The number of imidazole rings is 1. The van der Waals surface area contributed by atoms with Gasteiger partial charge < -0.3 is 29.6 Å². The van der Waals surface area contributed by atoms with Gasteiger partial charge in [-0.25, -0.2) is 4.98 Å². The number of unbranched alkanes of at least 4 members (excludes halogenated alkanes) is 2. The molecule has 0 aromatic carbocycles. The summed E-state index contributed by atoms with van der Waals surface area (Å²) in [5.41, 5.74) is 6.71. The van der Waals surface area contributed by atoms with Gasteiger partial charge in [0.25, 0.3) is 0 Å². The Morgan fingerprint density at radius 3 is 2.79 bits per heavy atom. The summed E-state index contributed by atoms with van der Waals surface area (Å²) in [5, 5.41) is 0. The van der Waals surface area contributed by atoms with Crippen molar-refractivity contribution in [3.05, 3.63) is 6.33 Å². The smallest absolute Gasteiger partial charge is 0.350 e. The summed E-state index contributed by atoms with van der Waals surface area (Å²) in [6.45, 7) is 3.06. The lowest BCUT2D eigenvalue weighted by Gasteiger charge is -2.08. The predicted octanol–water partition coefficient (Wildman–Crippen LogP) is 1.13. The maximum absolute atomic E-state index is 10.7. The second kappa shape index (κ2) is 8.39. The van der Waals surface area contributed by atoms with Crippen LogP contribution >= 0.6 is 7.60 Å². The highest BCUT2D eigenvalue weighted by Gasteiger charge is 2.15. The standard InChI is InChI=1S/C13H22N5O5P/c1-2-3-4-6-23-12-10-11(16-13(14)17-12)18(8-15-10)5-7-22-9-24(19,20)21/h8H,2-7,9H2,1H3,(H2,14,16,17)(H2,19,20,21). The van der Waals surface area contributed by atoms with Crippen molar-refractivity contribution in [2.24, 2.45) is 0 Å². The van der Waals surface area contributed by atoms with E-state index in [0.29, 0.717) is 30.2 Å². The van der Waals surface area contributed by atoms with E-state index in [0.717, 1.165) is 19.3 Å². The summed E-state index contributed by atoms with van der Waals surface area (Å²) in [6, 6.07) is 0. The maximum atomic E-state index is 10.7. The Labute approximate surface area is 139 Å². The quantitative estimate of drug-likeness (QED) is 0.419. The number of nitrogen functional groups attached to an aromatic ring is 1. The molecule has 0 saturated heterocycles. The lowest BCUT2D eigenvalue weighted by Crippen LogP contribution is -2.08. The van der Waals surface area contributed by atoms with E-state index in [1.54, 1.807) is 10.9 Å². The second-order valence-corrected chi connectivity index (χ2v) is 6.84. The van der Waals surface area contributed by atoms with Crippen LogP contribution in [0.4, 0.5) is 5.95 Å². The molecule has 0 aliphatic carbocycles. The molecule has 24 heavy (non-hydrogen) atoms. The highest BCUT2D eigenvalue weighted by molar-refractivity contribution is 7.51. The molecule has 2 aromatic rings. The fraction of sp³-hybridized carbons (Fsp3) is 0.615. The average Bonchev–Trinajstić information content (AvgIpc) is 2.90. The van der Waals surface area contributed by atoms with Gasteiger partial charge >= 0.3 is 7.60 Å². The van der Waals surface area contributed by atoms with Crippen LogP contribution in [0.1, 0.15) is 26.2 Å². The van der Waals surface area contributed by atoms with Crippen molar-refractivity contribution >= 4 is 24.7 Å².